The predicted octanol–water partition coefficient (Wildman–Crippen LogP) is 0.143. The summed E-state index contributed by atoms with van der Waals surface area (Å²) in [7, 11) is -2.71. The Morgan fingerprint density at radius 2 is 2.25 bits per heavy atom. The van der Waals surface area contributed by atoms with Crippen molar-refractivity contribution in [3.63, 3.8) is 0 Å². The van der Waals surface area contributed by atoms with Gasteiger partial charge in [0.25, 0.3) is 0 Å². The van der Waals surface area contributed by atoms with Crippen LogP contribution in [0.2, 0.25) is 0 Å². The van der Waals surface area contributed by atoms with Crippen LogP contribution in [0.25, 0.3) is 0 Å². The summed E-state index contributed by atoms with van der Waals surface area (Å²) in [5.74, 6) is -0.846. The second-order valence-corrected chi connectivity index (χ2v) is 2.38. The molecule has 0 aromatic heterocycles. The molecule has 0 amide bonds. The number of carbonyl (C=O) groups excluding carboxylic acids is 1. The molecule has 3 heteroatoms. The van der Waals surface area contributed by atoms with Gasteiger partial charge in [0.2, 0.25) is 6.04 Å². The summed E-state index contributed by atoms with van der Waals surface area (Å²) in [6.45, 7) is 0. The third-order valence-corrected chi connectivity index (χ3v) is 1.59. The van der Waals surface area contributed by atoms with E-state index in [9.17, 15) is 4.79 Å². The fourth-order valence-corrected chi connectivity index (χ4v) is 0.893. The van der Waals surface area contributed by atoms with Crippen molar-refractivity contribution in [2.45, 2.75) is 6.04 Å². The summed E-state index contributed by atoms with van der Waals surface area (Å²) in [5, 5.41) is 0. The van der Waals surface area contributed by atoms with Crippen molar-refractivity contribution in [3.8, 4) is 0 Å². The molecule has 1 aromatic rings. The van der Waals surface area contributed by atoms with E-state index in [0.29, 0.717) is 5.56 Å². The van der Waals surface area contributed by atoms with Crippen LogP contribution in [0.1, 0.15) is 15.7 Å². The Labute approximate surface area is 75.4 Å². The van der Waals surface area contributed by atoms with Gasteiger partial charge in [-0.25, -0.2) is 4.79 Å². The highest BCUT2D eigenvalue weighted by Gasteiger charge is 2.18. The van der Waals surface area contributed by atoms with Crippen LogP contribution in [0.15, 0.2) is 30.3 Å². The highest BCUT2D eigenvalue weighted by molar-refractivity contribution is 5.75. The monoisotopic (exact) mass is 169 g/mol. The van der Waals surface area contributed by atoms with Crippen molar-refractivity contribution in [2.24, 2.45) is 0 Å². The highest BCUT2D eigenvalue weighted by atomic mass is 16.5. The topological polar surface area (TPSA) is 53.9 Å². The molecule has 0 aliphatic carbocycles. The first-order valence-electron chi connectivity index (χ1n) is 5.01. The van der Waals surface area contributed by atoms with E-state index in [1.807, 2.05) is 0 Å². The SMILES string of the molecule is [2H]C([2H])([2H])OC(=O)[C@@H]([NH3+])c1ccccc1. The second-order valence-electron chi connectivity index (χ2n) is 2.38. The van der Waals surface area contributed by atoms with Crippen LogP contribution in [0, 0.1) is 0 Å². The lowest BCUT2D eigenvalue weighted by Crippen LogP contribution is -2.57. The lowest BCUT2D eigenvalue weighted by molar-refractivity contribution is -0.414. The fraction of sp³-hybridized carbons (Fsp3) is 0.222. The van der Waals surface area contributed by atoms with Crippen molar-refractivity contribution in [1.29, 1.82) is 0 Å². The van der Waals surface area contributed by atoms with Gasteiger partial charge in [0.15, 0.2) is 0 Å². The molecule has 3 N–H and O–H groups in total. The van der Waals surface area contributed by atoms with Crippen molar-refractivity contribution < 1.29 is 19.4 Å². The highest BCUT2D eigenvalue weighted by Crippen LogP contribution is 2.08. The fourth-order valence-electron chi connectivity index (χ4n) is 0.893. The number of hydrogen-bond donors (Lipinski definition) is 1. The van der Waals surface area contributed by atoms with Gasteiger partial charge in [-0.1, -0.05) is 30.3 Å². The van der Waals surface area contributed by atoms with Crippen LogP contribution in [0.5, 0.6) is 0 Å². The maximum absolute atomic E-state index is 11.3. The third-order valence-electron chi connectivity index (χ3n) is 1.59. The molecule has 1 rings (SSSR count). The van der Waals surface area contributed by atoms with E-state index in [2.05, 4.69) is 10.5 Å². The molecular formula is C9H12NO2+. The molecule has 1 atom stereocenters. The Morgan fingerprint density at radius 1 is 1.58 bits per heavy atom. The van der Waals surface area contributed by atoms with Gasteiger partial charge in [0, 0.05) is 5.56 Å². The number of quaternary nitrogens is 1. The Morgan fingerprint density at radius 3 is 2.83 bits per heavy atom. The quantitative estimate of drug-likeness (QED) is 0.640. The summed E-state index contributed by atoms with van der Waals surface area (Å²) in [6, 6.07) is 7.86. The van der Waals surface area contributed by atoms with E-state index in [1.54, 1.807) is 30.3 Å². The summed E-state index contributed by atoms with van der Waals surface area (Å²) < 4.78 is 24.6. The van der Waals surface area contributed by atoms with Crippen LogP contribution in [0.3, 0.4) is 0 Å². The number of carbonyl (C=O) groups is 1. The smallest absolute Gasteiger partial charge is 0.369 e. The first kappa shape index (κ1) is 5.32. The van der Waals surface area contributed by atoms with Crippen LogP contribution in [0.4, 0.5) is 0 Å². The average Bonchev–Trinajstić information content (AvgIpc) is 2.15. The Balaban J connectivity index is 2.70. The van der Waals surface area contributed by atoms with E-state index in [1.165, 1.54) is 0 Å². The number of ether oxygens (including phenoxy) is 1. The lowest BCUT2D eigenvalue weighted by Gasteiger charge is -2.04. The van der Waals surface area contributed by atoms with E-state index < -0.39 is 19.0 Å². The molecule has 0 fully saturated rings. The van der Waals surface area contributed by atoms with E-state index in [4.69, 9.17) is 4.11 Å². The average molecular weight is 169 g/mol. The first-order chi connectivity index (χ1) is 6.90. The third kappa shape index (κ3) is 1.83. The molecular weight excluding hydrogens is 154 g/mol. The molecule has 1 aromatic carbocycles. The standard InChI is InChI=1S/C9H11NO2/c1-12-9(11)8(10)7-5-3-2-4-6-7/h2-6,8H,10H2,1H3/p+1/t8-/m0/s1/i1D3. The van der Waals surface area contributed by atoms with Crippen molar-refractivity contribution in [2.75, 3.05) is 7.04 Å². The van der Waals surface area contributed by atoms with E-state index in [-0.39, 0.29) is 0 Å². The van der Waals surface area contributed by atoms with Crippen molar-refractivity contribution in [3.05, 3.63) is 35.9 Å². The number of hydrogen-bond acceptors (Lipinski definition) is 2. The number of methoxy groups -OCH3 is 1. The Hall–Kier alpha value is -1.35. The van der Waals surface area contributed by atoms with Crippen molar-refractivity contribution in [1.82, 2.24) is 0 Å². The van der Waals surface area contributed by atoms with Gasteiger partial charge in [0.05, 0.1) is 11.2 Å². The van der Waals surface area contributed by atoms with Crippen LogP contribution in [-0.4, -0.2) is 13.0 Å². The number of esters is 1. The number of benzene rings is 1. The molecule has 0 spiro atoms. The first-order valence-corrected chi connectivity index (χ1v) is 3.51. The molecule has 0 saturated carbocycles. The second kappa shape index (κ2) is 3.88. The van der Waals surface area contributed by atoms with Gasteiger partial charge < -0.3 is 10.5 Å². The molecule has 3 nitrogen and oxygen atoms in total. The molecule has 0 aliphatic heterocycles. The molecule has 0 bridgehead atoms. The molecule has 0 unspecified atom stereocenters. The molecule has 12 heavy (non-hydrogen) atoms. The van der Waals surface area contributed by atoms with E-state index >= 15 is 0 Å². The minimum absolute atomic E-state index is 0.631. The minimum Gasteiger partial charge on any atom is -0.464 e. The molecule has 0 radical (unpaired) electrons. The minimum atomic E-state index is -2.71. The predicted molar refractivity (Wildman–Crippen MR) is 44.1 cm³/mol. The largest absolute Gasteiger partial charge is 0.464 e. The summed E-state index contributed by atoms with van der Waals surface area (Å²) in [6.07, 6.45) is 0. The zero-order valence-electron chi connectivity index (χ0n) is 9.49. The van der Waals surface area contributed by atoms with E-state index in [0.717, 1.165) is 0 Å². The van der Waals surface area contributed by atoms with Gasteiger partial charge in [-0.3, -0.25) is 0 Å². The lowest BCUT2D eigenvalue weighted by atomic mass is 10.1. The normalized spacial score (nSPS) is 16.9. The Bertz CT molecular complexity index is 337. The summed E-state index contributed by atoms with van der Waals surface area (Å²) >= 11 is 0. The molecule has 0 heterocycles. The van der Waals surface area contributed by atoms with Crippen LogP contribution < -0.4 is 5.73 Å². The summed E-state index contributed by atoms with van der Waals surface area (Å²) in [4.78, 5) is 11.3. The zero-order valence-corrected chi connectivity index (χ0v) is 6.49. The Kier molecular flexibility index (Phi) is 1.72. The maximum atomic E-state index is 11.3. The van der Waals surface area contributed by atoms with Gasteiger partial charge in [-0.15, -0.1) is 0 Å². The molecule has 64 valence electrons. The van der Waals surface area contributed by atoms with Gasteiger partial charge in [-0.05, 0) is 0 Å². The van der Waals surface area contributed by atoms with Crippen LogP contribution >= 0.6 is 0 Å². The number of rotatable bonds is 2. The zero-order chi connectivity index (χ0) is 11.5. The van der Waals surface area contributed by atoms with Crippen molar-refractivity contribution >= 4 is 5.97 Å². The molecule has 0 aliphatic rings. The van der Waals surface area contributed by atoms with Gasteiger partial charge >= 0.3 is 5.97 Å². The summed E-state index contributed by atoms with van der Waals surface area (Å²) in [5.41, 5.74) is 4.20. The van der Waals surface area contributed by atoms with Gasteiger partial charge in [0.1, 0.15) is 0 Å². The van der Waals surface area contributed by atoms with Gasteiger partial charge in [-0.2, -0.15) is 0 Å². The molecule has 0 saturated heterocycles. The maximum Gasteiger partial charge on any atom is 0.369 e. The van der Waals surface area contributed by atoms with Crippen LogP contribution in [-0.2, 0) is 9.53 Å².